The van der Waals surface area contributed by atoms with E-state index >= 15 is 0 Å². The molecule has 1 fully saturated rings. The molecule has 1 amide bonds. The van der Waals surface area contributed by atoms with Crippen LogP contribution >= 0.6 is 0 Å². The number of amides is 1. The summed E-state index contributed by atoms with van der Waals surface area (Å²) in [7, 11) is 0. The van der Waals surface area contributed by atoms with Crippen LogP contribution in [-0.2, 0) is 11.2 Å². The molecular formula is C23H19F2N3O. The molecule has 29 heavy (non-hydrogen) atoms. The molecule has 2 aliphatic heterocycles. The zero-order valence-electron chi connectivity index (χ0n) is 15.7. The van der Waals surface area contributed by atoms with Gasteiger partial charge in [-0.05, 0) is 48.1 Å². The summed E-state index contributed by atoms with van der Waals surface area (Å²) < 4.78 is 28.2. The molecule has 5 rings (SSSR count). The number of benzene rings is 2. The Labute approximate surface area is 167 Å². The topological polar surface area (TPSA) is 39.3 Å². The number of aromatic amines is 1. The molecule has 2 aromatic carbocycles. The van der Waals surface area contributed by atoms with E-state index in [9.17, 15) is 13.6 Å². The van der Waals surface area contributed by atoms with Crippen molar-refractivity contribution < 1.29 is 13.6 Å². The van der Waals surface area contributed by atoms with Crippen LogP contribution in [0.5, 0.6) is 0 Å². The van der Waals surface area contributed by atoms with Gasteiger partial charge < -0.3 is 14.8 Å². The lowest BCUT2D eigenvalue weighted by atomic mass is 9.92. The minimum absolute atomic E-state index is 0.258. The van der Waals surface area contributed by atoms with E-state index in [1.807, 2.05) is 24.3 Å². The molecule has 0 radical (unpaired) electrons. The van der Waals surface area contributed by atoms with E-state index < -0.39 is 23.6 Å². The lowest BCUT2D eigenvalue weighted by molar-refractivity contribution is -0.127. The number of aromatic nitrogens is 1. The maximum atomic E-state index is 14.4. The van der Waals surface area contributed by atoms with Crippen molar-refractivity contribution in [2.24, 2.45) is 0 Å². The number of halogens is 2. The fourth-order valence-corrected chi connectivity index (χ4v) is 4.40. The first kappa shape index (κ1) is 17.7. The number of rotatable bonds is 2. The molecule has 0 bridgehead atoms. The van der Waals surface area contributed by atoms with Crippen LogP contribution in [0.15, 0.2) is 36.4 Å². The molecule has 1 unspecified atom stereocenters. The third kappa shape index (κ3) is 2.77. The number of terminal acetylenes is 1. The number of H-pyrrole nitrogens is 1. The van der Waals surface area contributed by atoms with Crippen LogP contribution in [0, 0.1) is 24.0 Å². The fourth-order valence-electron chi connectivity index (χ4n) is 4.40. The minimum atomic E-state index is -0.642. The van der Waals surface area contributed by atoms with Crippen molar-refractivity contribution in [2.75, 3.05) is 24.5 Å². The summed E-state index contributed by atoms with van der Waals surface area (Å²) in [4.78, 5) is 19.5. The van der Waals surface area contributed by atoms with Gasteiger partial charge in [0.15, 0.2) is 0 Å². The van der Waals surface area contributed by atoms with Gasteiger partial charge in [-0.2, -0.15) is 0 Å². The zero-order chi connectivity index (χ0) is 20.1. The highest BCUT2D eigenvalue weighted by atomic mass is 19.1. The molecule has 0 spiro atoms. The third-order valence-corrected chi connectivity index (χ3v) is 5.97. The van der Waals surface area contributed by atoms with Crippen molar-refractivity contribution in [2.45, 2.75) is 18.9 Å². The molecular weight excluding hydrogens is 372 g/mol. The number of hydrogen-bond acceptors (Lipinski definition) is 2. The first-order valence-corrected chi connectivity index (χ1v) is 9.68. The zero-order valence-corrected chi connectivity index (χ0v) is 15.7. The van der Waals surface area contributed by atoms with Gasteiger partial charge in [-0.25, -0.2) is 8.78 Å². The number of fused-ring (bicyclic) bond motifs is 3. The minimum Gasteiger partial charge on any atom is -0.371 e. The van der Waals surface area contributed by atoms with E-state index in [-0.39, 0.29) is 5.52 Å². The predicted molar refractivity (Wildman–Crippen MR) is 108 cm³/mol. The normalized spacial score (nSPS) is 18.3. The Balaban J connectivity index is 1.65. The molecule has 1 atom stereocenters. The lowest BCUT2D eigenvalue weighted by Gasteiger charge is -2.36. The Hall–Kier alpha value is -3.33. The molecule has 1 N–H and O–H groups in total. The van der Waals surface area contributed by atoms with E-state index in [1.165, 1.54) is 12.5 Å². The Bertz CT molecular complexity index is 1160. The summed E-state index contributed by atoms with van der Waals surface area (Å²) in [5.41, 5.74) is 3.79. The highest BCUT2D eigenvalue weighted by Gasteiger charge is 2.34. The largest absolute Gasteiger partial charge is 0.371 e. The molecule has 0 saturated carbocycles. The van der Waals surface area contributed by atoms with Crippen LogP contribution in [0.25, 0.3) is 10.9 Å². The third-order valence-electron chi connectivity index (χ3n) is 5.97. The van der Waals surface area contributed by atoms with Crippen molar-refractivity contribution in [3.05, 3.63) is 64.9 Å². The number of carbonyl (C=O) groups excluding carboxylic acids is 1. The number of nitrogens with zero attached hydrogens (tertiary/aromatic N) is 2. The van der Waals surface area contributed by atoms with Gasteiger partial charge in [0.1, 0.15) is 11.6 Å². The van der Waals surface area contributed by atoms with Crippen LogP contribution in [-0.4, -0.2) is 35.4 Å². The number of carbonyl (C=O) groups is 1. The van der Waals surface area contributed by atoms with E-state index in [0.29, 0.717) is 24.0 Å². The number of hydrogen-bond donors (Lipinski definition) is 1. The molecule has 2 aliphatic rings. The molecule has 0 aliphatic carbocycles. The van der Waals surface area contributed by atoms with Gasteiger partial charge in [-0.1, -0.05) is 12.1 Å². The SMILES string of the molecule is C#CC(=O)N1CCc2c([nH]c3c(F)cc(F)cc23)C1c1ccc(N2CCC2)cc1. The average molecular weight is 391 g/mol. The van der Waals surface area contributed by atoms with Gasteiger partial charge in [-0.15, -0.1) is 6.42 Å². The molecule has 3 aromatic rings. The maximum Gasteiger partial charge on any atom is 0.299 e. The highest BCUT2D eigenvalue weighted by Crippen LogP contribution is 2.39. The summed E-state index contributed by atoms with van der Waals surface area (Å²) in [6, 6.07) is 9.76. The Morgan fingerprint density at radius 1 is 1.14 bits per heavy atom. The summed E-state index contributed by atoms with van der Waals surface area (Å²) in [5, 5.41) is 0.521. The van der Waals surface area contributed by atoms with Crippen molar-refractivity contribution in [3.63, 3.8) is 0 Å². The number of anilines is 1. The molecule has 6 heteroatoms. The van der Waals surface area contributed by atoms with Gasteiger partial charge in [0.25, 0.3) is 5.91 Å². The first-order chi connectivity index (χ1) is 14.1. The van der Waals surface area contributed by atoms with Crippen LogP contribution in [0.2, 0.25) is 0 Å². The van der Waals surface area contributed by atoms with Crippen LogP contribution in [0.1, 0.15) is 29.3 Å². The van der Waals surface area contributed by atoms with Crippen LogP contribution in [0.4, 0.5) is 14.5 Å². The smallest absolute Gasteiger partial charge is 0.299 e. The Morgan fingerprint density at radius 3 is 2.55 bits per heavy atom. The predicted octanol–water partition coefficient (Wildman–Crippen LogP) is 3.76. The van der Waals surface area contributed by atoms with Crippen molar-refractivity contribution in [3.8, 4) is 12.3 Å². The summed E-state index contributed by atoms with van der Waals surface area (Å²) in [6.07, 6.45) is 7.07. The van der Waals surface area contributed by atoms with E-state index in [1.54, 1.807) is 4.90 Å². The molecule has 1 saturated heterocycles. The molecule has 4 nitrogen and oxygen atoms in total. The Kier molecular flexibility index (Phi) is 4.06. The second kappa shape index (κ2) is 6.63. The molecule has 1 aromatic heterocycles. The van der Waals surface area contributed by atoms with Gasteiger partial charge in [-0.3, -0.25) is 4.79 Å². The van der Waals surface area contributed by atoms with Crippen LogP contribution < -0.4 is 4.90 Å². The molecule has 3 heterocycles. The van der Waals surface area contributed by atoms with Gasteiger partial charge in [0, 0.05) is 42.5 Å². The monoisotopic (exact) mass is 391 g/mol. The first-order valence-electron chi connectivity index (χ1n) is 9.68. The standard InChI is InChI=1S/C23H19F2N3O/c1-2-20(29)28-11-8-17-18-12-15(24)13-19(25)21(18)26-22(17)23(28)14-4-6-16(7-5-14)27-9-3-10-27/h1,4-7,12-13,23,26H,3,8-11H2. The van der Waals surface area contributed by atoms with Crippen molar-refractivity contribution in [1.82, 2.24) is 9.88 Å². The van der Waals surface area contributed by atoms with Crippen LogP contribution in [0.3, 0.4) is 0 Å². The average Bonchev–Trinajstić information content (AvgIpc) is 3.05. The van der Waals surface area contributed by atoms with Gasteiger partial charge in [0.2, 0.25) is 0 Å². The maximum absolute atomic E-state index is 14.4. The van der Waals surface area contributed by atoms with E-state index in [4.69, 9.17) is 6.42 Å². The summed E-state index contributed by atoms with van der Waals surface area (Å²) in [6.45, 7) is 2.47. The lowest BCUT2D eigenvalue weighted by Crippen LogP contribution is -2.40. The van der Waals surface area contributed by atoms with Crippen molar-refractivity contribution >= 4 is 22.5 Å². The second-order valence-electron chi connectivity index (χ2n) is 7.55. The van der Waals surface area contributed by atoms with Gasteiger partial charge >= 0.3 is 0 Å². The summed E-state index contributed by atoms with van der Waals surface area (Å²) in [5.74, 6) is 0.521. The number of nitrogens with one attached hydrogen (secondary N) is 1. The fraction of sp³-hybridized carbons (Fsp3) is 0.261. The Morgan fingerprint density at radius 2 is 1.90 bits per heavy atom. The quantitative estimate of drug-likeness (QED) is 0.676. The second-order valence-corrected chi connectivity index (χ2v) is 7.55. The van der Waals surface area contributed by atoms with E-state index in [2.05, 4.69) is 15.8 Å². The van der Waals surface area contributed by atoms with Crippen molar-refractivity contribution in [1.29, 1.82) is 0 Å². The van der Waals surface area contributed by atoms with E-state index in [0.717, 1.165) is 36.0 Å². The van der Waals surface area contributed by atoms with Gasteiger partial charge in [0.05, 0.1) is 11.6 Å². The molecule has 146 valence electrons. The highest BCUT2D eigenvalue weighted by molar-refractivity contribution is 5.94. The summed E-state index contributed by atoms with van der Waals surface area (Å²) >= 11 is 0.